The lowest BCUT2D eigenvalue weighted by Gasteiger charge is -2.11. The normalized spacial score (nSPS) is 10.2. The Morgan fingerprint density at radius 3 is 2.61 bits per heavy atom. The maximum absolute atomic E-state index is 12.0. The summed E-state index contributed by atoms with van der Waals surface area (Å²) in [7, 11) is 1.37. The summed E-state index contributed by atoms with van der Waals surface area (Å²) in [6, 6.07) is 12.1. The van der Waals surface area contributed by atoms with Gasteiger partial charge in [0.2, 0.25) is 5.91 Å². The molecule has 2 aromatic carbocycles. The molecule has 2 aromatic rings. The molecule has 0 aliphatic rings. The van der Waals surface area contributed by atoms with Crippen molar-refractivity contribution in [3.05, 3.63) is 63.2 Å². The number of nitro groups is 1. The van der Waals surface area contributed by atoms with E-state index in [1.807, 2.05) is 30.3 Å². The molecule has 0 unspecified atom stereocenters. The number of methoxy groups -OCH3 is 1. The molecule has 1 N–H and O–H groups in total. The summed E-state index contributed by atoms with van der Waals surface area (Å²) in [6.45, 7) is 0. The third kappa shape index (κ3) is 4.43. The Bertz CT molecular complexity index is 720. The van der Waals surface area contributed by atoms with Crippen molar-refractivity contribution in [2.75, 3.05) is 12.4 Å². The van der Waals surface area contributed by atoms with Crippen molar-refractivity contribution < 1.29 is 14.5 Å². The molecular formula is C16H15ClN2O4. The first-order valence-corrected chi connectivity index (χ1v) is 7.24. The number of nitrogens with zero attached hydrogens (tertiary/aromatic N) is 1. The summed E-state index contributed by atoms with van der Waals surface area (Å²) < 4.78 is 5.08. The standard InChI is InChI=1S/C16H15ClN2O4/c1-23-15-10-14(19(21)22)12(17)9-13(15)18-16(20)8-7-11-5-3-2-4-6-11/h2-6,9-10H,7-8H2,1H3,(H,18,20). The molecule has 0 aliphatic heterocycles. The number of carbonyl (C=O) groups is 1. The highest BCUT2D eigenvalue weighted by Crippen LogP contribution is 2.35. The molecule has 23 heavy (non-hydrogen) atoms. The number of hydrogen-bond donors (Lipinski definition) is 1. The lowest BCUT2D eigenvalue weighted by atomic mass is 10.1. The van der Waals surface area contributed by atoms with Crippen LogP contribution in [0.2, 0.25) is 5.02 Å². The maximum Gasteiger partial charge on any atom is 0.291 e. The van der Waals surface area contributed by atoms with Gasteiger partial charge in [-0.3, -0.25) is 14.9 Å². The Hall–Kier alpha value is -2.60. The predicted octanol–water partition coefficient (Wildman–Crippen LogP) is 3.83. The van der Waals surface area contributed by atoms with Crippen LogP contribution in [0.5, 0.6) is 5.75 Å². The molecule has 7 heteroatoms. The molecule has 0 saturated carbocycles. The van der Waals surface area contributed by atoms with Gasteiger partial charge in [-0.05, 0) is 18.1 Å². The van der Waals surface area contributed by atoms with Gasteiger partial charge in [0, 0.05) is 6.42 Å². The van der Waals surface area contributed by atoms with Gasteiger partial charge >= 0.3 is 0 Å². The second kappa shape index (κ2) is 7.60. The molecule has 0 aliphatic carbocycles. The van der Waals surface area contributed by atoms with Crippen LogP contribution in [0.1, 0.15) is 12.0 Å². The number of amides is 1. The lowest BCUT2D eigenvalue weighted by molar-refractivity contribution is -0.384. The SMILES string of the molecule is COc1cc([N+](=O)[O-])c(Cl)cc1NC(=O)CCc1ccccc1. The summed E-state index contributed by atoms with van der Waals surface area (Å²) >= 11 is 5.86. The monoisotopic (exact) mass is 334 g/mol. The zero-order valence-electron chi connectivity index (χ0n) is 12.4. The van der Waals surface area contributed by atoms with Crippen LogP contribution in [-0.4, -0.2) is 17.9 Å². The van der Waals surface area contributed by atoms with E-state index in [2.05, 4.69) is 5.32 Å². The number of nitrogens with one attached hydrogen (secondary N) is 1. The first-order valence-electron chi connectivity index (χ1n) is 6.87. The molecule has 0 atom stereocenters. The van der Waals surface area contributed by atoms with Gasteiger partial charge in [-0.15, -0.1) is 0 Å². The van der Waals surface area contributed by atoms with Crippen LogP contribution in [0.4, 0.5) is 11.4 Å². The van der Waals surface area contributed by atoms with E-state index in [0.717, 1.165) is 5.56 Å². The molecule has 2 rings (SSSR count). The van der Waals surface area contributed by atoms with Gasteiger partial charge in [0.1, 0.15) is 10.8 Å². The van der Waals surface area contributed by atoms with Crippen molar-refractivity contribution in [2.45, 2.75) is 12.8 Å². The second-order valence-electron chi connectivity index (χ2n) is 4.79. The highest BCUT2D eigenvalue weighted by molar-refractivity contribution is 6.33. The molecule has 0 spiro atoms. The van der Waals surface area contributed by atoms with Gasteiger partial charge in [0.25, 0.3) is 5.69 Å². The van der Waals surface area contributed by atoms with Crippen LogP contribution in [0.15, 0.2) is 42.5 Å². The third-order valence-corrected chi connectivity index (χ3v) is 3.53. The van der Waals surface area contributed by atoms with Crippen LogP contribution < -0.4 is 10.1 Å². The van der Waals surface area contributed by atoms with E-state index < -0.39 is 4.92 Å². The molecule has 0 fully saturated rings. The zero-order valence-corrected chi connectivity index (χ0v) is 13.2. The second-order valence-corrected chi connectivity index (χ2v) is 5.20. The van der Waals surface area contributed by atoms with Crippen molar-refractivity contribution in [1.29, 1.82) is 0 Å². The Morgan fingerprint density at radius 2 is 2.00 bits per heavy atom. The summed E-state index contributed by atoms with van der Waals surface area (Å²) in [6.07, 6.45) is 0.872. The summed E-state index contributed by atoms with van der Waals surface area (Å²) in [5, 5.41) is 13.5. The number of carbonyl (C=O) groups excluding carboxylic acids is 1. The van der Waals surface area contributed by atoms with Crippen LogP contribution >= 0.6 is 11.6 Å². The van der Waals surface area contributed by atoms with Gasteiger partial charge < -0.3 is 10.1 Å². The molecule has 0 saturated heterocycles. The maximum atomic E-state index is 12.0. The predicted molar refractivity (Wildman–Crippen MR) is 88.1 cm³/mol. The van der Waals surface area contributed by atoms with Crippen LogP contribution in [0, 0.1) is 10.1 Å². The fraction of sp³-hybridized carbons (Fsp3) is 0.188. The summed E-state index contributed by atoms with van der Waals surface area (Å²) in [4.78, 5) is 22.3. The first-order chi connectivity index (χ1) is 11.0. The average molecular weight is 335 g/mol. The molecule has 0 bridgehead atoms. The quantitative estimate of drug-likeness (QED) is 0.643. The third-order valence-electron chi connectivity index (χ3n) is 3.22. The largest absolute Gasteiger partial charge is 0.494 e. The van der Waals surface area contributed by atoms with Crippen LogP contribution in [0.3, 0.4) is 0 Å². The number of anilines is 1. The van der Waals surface area contributed by atoms with Gasteiger partial charge in [-0.25, -0.2) is 0 Å². The van der Waals surface area contributed by atoms with Gasteiger partial charge in [-0.2, -0.15) is 0 Å². The van der Waals surface area contributed by atoms with Crippen molar-refractivity contribution in [1.82, 2.24) is 0 Å². The molecule has 6 nitrogen and oxygen atoms in total. The molecule has 0 radical (unpaired) electrons. The molecule has 120 valence electrons. The number of rotatable bonds is 6. The average Bonchev–Trinajstić information content (AvgIpc) is 2.54. The Balaban J connectivity index is 2.08. The number of nitro benzene ring substituents is 1. The van der Waals surface area contributed by atoms with E-state index in [9.17, 15) is 14.9 Å². The minimum atomic E-state index is -0.605. The fourth-order valence-electron chi connectivity index (χ4n) is 2.06. The van der Waals surface area contributed by atoms with Crippen LogP contribution in [-0.2, 0) is 11.2 Å². The van der Waals surface area contributed by atoms with E-state index in [1.165, 1.54) is 19.2 Å². The number of aryl methyl sites for hydroxylation is 1. The van der Waals surface area contributed by atoms with E-state index >= 15 is 0 Å². The van der Waals surface area contributed by atoms with Crippen molar-refractivity contribution >= 4 is 28.9 Å². The van der Waals surface area contributed by atoms with Gasteiger partial charge in [0.05, 0.1) is 23.8 Å². The molecule has 0 heterocycles. The minimum absolute atomic E-state index is 0.0610. The Kier molecular flexibility index (Phi) is 5.54. The number of halogens is 1. The molecular weight excluding hydrogens is 320 g/mol. The summed E-state index contributed by atoms with van der Waals surface area (Å²) in [5.74, 6) is -0.0359. The van der Waals surface area contributed by atoms with Gasteiger partial charge in [0.15, 0.2) is 0 Å². The first kappa shape index (κ1) is 16.8. The highest BCUT2D eigenvalue weighted by atomic mass is 35.5. The van der Waals surface area contributed by atoms with Crippen LogP contribution in [0.25, 0.3) is 0 Å². The number of benzene rings is 2. The molecule has 1 amide bonds. The fourth-order valence-corrected chi connectivity index (χ4v) is 2.30. The Morgan fingerprint density at radius 1 is 1.30 bits per heavy atom. The van der Waals surface area contributed by atoms with E-state index in [1.54, 1.807) is 0 Å². The van der Waals surface area contributed by atoms with E-state index in [0.29, 0.717) is 12.1 Å². The number of hydrogen-bond acceptors (Lipinski definition) is 4. The highest BCUT2D eigenvalue weighted by Gasteiger charge is 2.18. The molecule has 0 aromatic heterocycles. The van der Waals surface area contributed by atoms with E-state index in [-0.39, 0.29) is 28.8 Å². The van der Waals surface area contributed by atoms with Gasteiger partial charge in [-0.1, -0.05) is 41.9 Å². The van der Waals surface area contributed by atoms with E-state index in [4.69, 9.17) is 16.3 Å². The van der Waals surface area contributed by atoms with Crippen molar-refractivity contribution in [3.63, 3.8) is 0 Å². The zero-order chi connectivity index (χ0) is 16.8. The lowest BCUT2D eigenvalue weighted by Crippen LogP contribution is -2.13. The number of ether oxygens (including phenoxy) is 1. The van der Waals surface area contributed by atoms with Crippen molar-refractivity contribution in [2.24, 2.45) is 0 Å². The minimum Gasteiger partial charge on any atom is -0.494 e. The topological polar surface area (TPSA) is 81.5 Å². The smallest absolute Gasteiger partial charge is 0.291 e. The Labute approximate surface area is 138 Å². The van der Waals surface area contributed by atoms with Crippen molar-refractivity contribution in [3.8, 4) is 5.75 Å². The summed E-state index contributed by atoms with van der Waals surface area (Å²) in [5.41, 5.74) is 1.09.